The molecule has 0 aliphatic heterocycles. The molecule has 2 aromatic carbocycles. The maximum atomic E-state index is 5.45. The number of nitrogens with one attached hydrogen (secondary N) is 2. The quantitative estimate of drug-likeness (QED) is 0.0448. The van der Waals surface area contributed by atoms with Gasteiger partial charge in [0.15, 0.2) is 0 Å². The van der Waals surface area contributed by atoms with Gasteiger partial charge >= 0.3 is 0 Å². The molecule has 5 nitrogen and oxygen atoms in total. The molecule has 0 aliphatic carbocycles. The normalized spacial score (nSPS) is 12.7. The number of nitrogens with two attached hydrogens (primary N) is 1. The number of pyridine rings is 1. The van der Waals surface area contributed by atoms with Crippen molar-refractivity contribution in [3.05, 3.63) is 89.8 Å². The van der Waals surface area contributed by atoms with E-state index < -0.39 is 0 Å². The van der Waals surface area contributed by atoms with Crippen molar-refractivity contribution in [2.75, 3.05) is 13.6 Å². The second-order valence-electron chi connectivity index (χ2n) is 14.3. The molecule has 4 N–H and O–H groups in total. The van der Waals surface area contributed by atoms with E-state index in [0.29, 0.717) is 12.0 Å². The van der Waals surface area contributed by atoms with Crippen LogP contribution >= 0.6 is 0 Å². The zero-order valence-electron chi connectivity index (χ0n) is 29.7. The van der Waals surface area contributed by atoms with Gasteiger partial charge in [0, 0.05) is 41.8 Å². The van der Waals surface area contributed by atoms with Crippen LogP contribution in [-0.2, 0) is 19.4 Å². The summed E-state index contributed by atoms with van der Waals surface area (Å²) in [5.74, 6) is 5.79. The Kier molecular flexibility index (Phi) is 12.8. The number of likely N-dealkylation sites (N-methyl/N-ethyl adjacent to an activating group) is 1. The summed E-state index contributed by atoms with van der Waals surface area (Å²) >= 11 is 0. The fourth-order valence-electron chi connectivity index (χ4n) is 7.13. The zero-order valence-corrected chi connectivity index (χ0v) is 29.7. The lowest BCUT2D eigenvalue weighted by atomic mass is 9.80. The van der Waals surface area contributed by atoms with E-state index in [-0.39, 0.29) is 5.41 Å². The maximum Gasteiger partial charge on any atom is 0.0542 e. The second-order valence-corrected chi connectivity index (χ2v) is 14.3. The van der Waals surface area contributed by atoms with Gasteiger partial charge in [-0.2, -0.15) is 0 Å². The minimum atomic E-state index is 0.130. The molecule has 0 bridgehead atoms. The summed E-state index contributed by atoms with van der Waals surface area (Å²) in [6.07, 6.45) is 12.9. The number of aromatic nitrogens is 2. The summed E-state index contributed by atoms with van der Waals surface area (Å²) < 4.78 is 2.53. The van der Waals surface area contributed by atoms with Gasteiger partial charge in [0.05, 0.1) is 11.4 Å². The van der Waals surface area contributed by atoms with Gasteiger partial charge in [-0.1, -0.05) is 76.4 Å². The number of rotatable bonds is 18. The first kappa shape index (κ1) is 35.6. The van der Waals surface area contributed by atoms with Crippen molar-refractivity contribution < 1.29 is 0 Å². The third kappa shape index (κ3) is 8.76. The SMILES string of the molecule is C=CCCC(C)(C)Cc1c(-c2cccnc2C(C)C)n(CC)c2ccc(-c3cc(C)cc(CC(CCCCCNN)NC)c3)cc12. The van der Waals surface area contributed by atoms with Crippen molar-refractivity contribution in [3.63, 3.8) is 0 Å². The first-order valence-corrected chi connectivity index (χ1v) is 17.5. The zero-order chi connectivity index (χ0) is 33.3. The van der Waals surface area contributed by atoms with Crippen LogP contribution in [0.2, 0.25) is 0 Å². The Morgan fingerprint density at radius 1 is 1.04 bits per heavy atom. The number of hydrogen-bond donors (Lipinski definition) is 3. The Hall–Kier alpha value is -3.25. The number of nitrogens with zero attached hydrogens (tertiary/aromatic N) is 2. The fraction of sp³-hybridized carbons (Fsp3) is 0.488. The van der Waals surface area contributed by atoms with E-state index in [1.165, 1.54) is 74.9 Å². The average Bonchev–Trinajstić information content (AvgIpc) is 3.34. The third-order valence-corrected chi connectivity index (χ3v) is 9.54. The Balaban J connectivity index is 1.81. The standard InChI is InChI=1S/C41H59N5/c1-9-11-20-41(6,7)28-37-36-27-32(18-19-38(36)46(10-2)40(37)35-17-15-21-44-39(35)29(3)4)33-24-30(5)23-31(25-33)26-34(43-8)16-13-12-14-22-45-42/h9,15,17-19,21,23-25,27,29,34,43,45H,1,10-14,16,20,22,26,28,42H2,2-8H3. The van der Waals surface area contributed by atoms with Crippen molar-refractivity contribution in [2.24, 2.45) is 11.3 Å². The van der Waals surface area contributed by atoms with E-state index >= 15 is 0 Å². The highest BCUT2D eigenvalue weighted by atomic mass is 15.2. The molecule has 4 aromatic rings. The number of hydrazine groups is 1. The van der Waals surface area contributed by atoms with Crippen molar-refractivity contribution in [3.8, 4) is 22.4 Å². The predicted octanol–water partition coefficient (Wildman–Crippen LogP) is 9.51. The van der Waals surface area contributed by atoms with E-state index in [4.69, 9.17) is 10.8 Å². The van der Waals surface area contributed by atoms with Crippen LogP contribution in [0.4, 0.5) is 0 Å². The van der Waals surface area contributed by atoms with E-state index in [1.54, 1.807) is 0 Å². The number of hydrogen-bond acceptors (Lipinski definition) is 4. The van der Waals surface area contributed by atoms with Crippen LogP contribution in [0.25, 0.3) is 33.3 Å². The molecular formula is C41H59N5. The summed E-state index contributed by atoms with van der Waals surface area (Å²) in [4.78, 5) is 4.89. The molecule has 2 aromatic heterocycles. The summed E-state index contributed by atoms with van der Waals surface area (Å²) in [6.45, 7) is 19.6. The van der Waals surface area contributed by atoms with Crippen molar-refractivity contribution in [2.45, 2.75) is 111 Å². The molecule has 1 atom stereocenters. The van der Waals surface area contributed by atoms with Crippen molar-refractivity contribution >= 4 is 10.9 Å². The molecule has 46 heavy (non-hydrogen) atoms. The molecular weight excluding hydrogens is 562 g/mol. The molecule has 2 heterocycles. The molecule has 0 spiro atoms. The summed E-state index contributed by atoms with van der Waals surface area (Å²) in [5, 5.41) is 4.94. The van der Waals surface area contributed by atoms with E-state index in [2.05, 4.69) is 125 Å². The Morgan fingerprint density at radius 3 is 2.54 bits per heavy atom. The highest BCUT2D eigenvalue weighted by Crippen LogP contribution is 2.42. The number of benzene rings is 2. The Bertz CT molecular complexity index is 1580. The van der Waals surface area contributed by atoms with Crippen LogP contribution in [0.1, 0.15) is 101 Å². The first-order chi connectivity index (χ1) is 22.1. The smallest absolute Gasteiger partial charge is 0.0542 e. The molecule has 1 unspecified atom stereocenters. The molecule has 4 rings (SSSR count). The molecule has 0 radical (unpaired) electrons. The van der Waals surface area contributed by atoms with Gasteiger partial charge in [0.1, 0.15) is 0 Å². The highest BCUT2D eigenvalue weighted by Gasteiger charge is 2.27. The third-order valence-electron chi connectivity index (χ3n) is 9.54. The van der Waals surface area contributed by atoms with E-state index in [0.717, 1.165) is 45.2 Å². The monoisotopic (exact) mass is 621 g/mol. The largest absolute Gasteiger partial charge is 0.340 e. The molecule has 5 heteroatoms. The molecule has 0 saturated carbocycles. The van der Waals surface area contributed by atoms with Crippen LogP contribution < -0.4 is 16.6 Å². The molecule has 0 aliphatic rings. The number of aryl methyl sites for hydroxylation is 2. The molecule has 0 saturated heterocycles. The Labute approximate surface area is 279 Å². The first-order valence-electron chi connectivity index (χ1n) is 17.5. The number of unbranched alkanes of at least 4 members (excludes halogenated alkanes) is 2. The summed E-state index contributed by atoms with van der Waals surface area (Å²) in [6, 6.07) is 19.1. The van der Waals surface area contributed by atoms with Crippen molar-refractivity contribution in [1.29, 1.82) is 0 Å². The van der Waals surface area contributed by atoms with Gasteiger partial charge in [0.2, 0.25) is 0 Å². The van der Waals surface area contributed by atoms with Crippen LogP contribution in [0.3, 0.4) is 0 Å². The topological polar surface area (TPSA) is 67.9 Å². The van der Waals surface area contributed by atoms with Gasteiger partial charge in [0.25, 0.3) is 0 Å². The molecule has 248 valence electrons. The van der Waals surface area contributed by atoms with Crippen LogP contribution in [-0.4, -0.2) is 29.2 Å². The number of allylic oxidation sites excluding steroid dienone is 1. The summed E-state index contributed by atoms with van der Waals surface area (Å²) in [5.41, 5.74) is 14.7. The minimum Gasteiger partial charge on any atom is -0.340 e. The summed E-state index contributed by atoms with van der Waals surface area (Å²) in [7, 11) is 2.09. The van der Waals surface area contributed by atoms with Crippen molar-refractivity contribution in [1.82, 2.24) is 20.3 Å². The van der Waals surface area contributed by atoms with Gasteiger partial charge < -0.3 is 9.88 Å². The predicted molar refractivity (Wildman–Crippen MR) is 199 cm³/mol. The molecule has 0 amide bonds. The fourth-order valence-corrected chi connectivity index (χ4v) is 7.13. The molecule has 0 fully saturated rings. The average molecular weight is 622 g/mol. The van der Waals surface area contributed by atoms with Gasteiger partial charge in [-0.15, -0.1) is 6.58 Å². The van der Waals surface area contributed by atoms with E-state index in [9.17, 15) is 0 Å². The van der Waals surface area contributed by atoms with Crippen LogP contribution in [0.15, 0.2) is 67.4 Å². The Morgan fingerprint density at radius 2 is 1.85 bits per heavy atom. The lowest BCUT2D eigenvalue weighted by molar-refractivity contribution is 0.337. The van der Waals surface area contributed by atoms with Gasteiger partial charge in [-0.3, -0.25) is 16.3 Å². The lowest BCUT2D eigenvalue weighted by Crippen LogP contribution is -2.27. The van der Waals surface area contributed by atoms with E-state index in [1.807, 2.05) is 6.20 Å². The van der Waals surface area contributed by atoms with Crippen LogP contribution in [0.5, 0.6) is 0 Å². The van der Waals surface area contributed by atoms with Gasteiger partial charge in [-0.25, -0.2) is 0 Å². The maximum absolute atomic E-state index is 5.45. The van der Waals surface area contributed by atoms with Gasteiger partial charge in [-0.05, 0) is 117 Å². The van der Waals surface area contributed by atoms with Crippen LogP contribution in [0, 0.1) is 12.3 Å². The lowest BCUT2D eigenvalue weighted by Gasteiger charge is -2.25. The minimum absolute atomic E-state index is 0.130. The second kappa shape index (κ2) is 16.5. The number of fused-ring (bicyclic) bond motifs is 1. The highest BCUT2D eigenvalue weighted by molar-refractivity contribution is 5.95.